The van der Waals surface area contributed by atoms with Crippen molar-refractivity contribution in [2.75, 3.05) is 33.3 Å². The number of ether oxygens (including phenoxy) is 3. The predicted molar refractivity (Wildman–Crippen MR) is 183 cm³/mol. The molecule has 1 aliphatic rings. The van der Waals surface area contributed by atoms with Gasteiger partial charge in [-0.05, 0) is 53.9 Å². The zero-order valence-corrected chi connectivity index (χ0v) is 27.5. The van der Waals surface area contributed by atoms with Crippen molar-refractivity contribution in [2.45, 2.75) is 51.4 Å². The molecule has 0 saturated carbocycles. The molecular formula is C38H44N4O6. The van der Waals surface area contributed by atoms with E-state index in [2.05, 4.69) is 27.6 Å². The number of nitrogens with one attached hydrogen (secondary N) is 2. The summed E-state index contributed by atoms with van der Waals surface area (Å²) in [6, 6.07) is 29.4. The Morgan fingerprint density at radius 2 is 1.69 bits per heavy atom. The van der Waals surface area contributed by atoms with E-state index in [1.165, 1.54) is 0 Å². The van der Waals surface area contributed by atoms with Gasteiger partial charge in [0.2, 0.25) is 0 Å². The van der Waals surface area contributed by atoms with Gasteiger partial charge in [0.15, 0.2) is 6.29 Å². The van der Waals surface area contributed by atoms with Crippen molar-refractivity contribution in [2.24, 2.45) is 0 Å². The number of urea groups is 1. The summed E-state index contributed by atoms with van der Waals surface area (Å²) in [7, 11) is 2.10. The van der Waals surface area contributed by atoms with Gasteiger partial charge in [-0.3, -0.25) is 9.78 Å². The molecule has 3 N–H and O–H groups in total. The van der Waals surface area contributed by atoms with Crippen LogP contribution in [0.4, 0.5) is 4.79 Å². The summed E-state index contributed by atoms with van der Waals surface area (Å²) in [5, 5.41) is 14.9. The van der Waals surface area contributed by atoms with Crippen LogP contribution in [0.5, 0.6) is 0 Å². The van der Waals surface area contributed by atoms with Crippen LogP contribution in [-0.2, 0) is 38.6 Å². The van der Waals surface area contributed by atoms with Gasteiger partial charge in [-0.1, -0.05) is 78.9 Å². The first-order valence-electron chi connectivity index (χ1n) is 16.4. The van der Waals surface area contributed by atoms with Gasteiger partial charge in [-0.2, -0.15) is 0 Å². The molecule has 0 spiro atoms. The number of hydrogen-bond donors (Lipinski definition) is 3. The fourth-order valence-corrected chi connectivity index (χ4v) is 5.70. The summed E-state index contributed by atoms with van der Waals surface area (Å²) in [5.74, 6) is -0.482. The number of pyridine rings is 1. The number of hydrogen-bond acceptors (Lipinski definition) is 8. The number of aliphatic hydroxyl groups is 1. The highest BCUT2D eigenvalue weighted by Gasteiger charge is 2.32. The molecule has 48 heavy (non-hydrogen) atoms. The number of benzene rings is 3. The quantitative estimate of drug-likeness (QED) is 0.157. The van der Waals surface area contributed by atoms with Gasteiger partial charge in [0.05, 0.1) is 25.4 Å². The predicted octanol–water partition coefficient (Wildman–Crippen LogP) is 5.32. The lowest BCUT2D eigenvalue weighted by atomic mass is 9.97. The van der Waals surface area contributed by atoms with E-state index in [1.54, 1.807) is 6.92 Å². The highest BCUT2D eigenvalue weighted by atomic mass is 16.7. The number of carbonyl (C=O) groups is 2. The molecule has 0 unspecified atom stereocenters. The number of carbonyl (C=O) groups excluding carboxylic acids is 2. The Morgan fingerprint density at radius 3 is 2.42 bits per heavy atom. The minimum atomic E-state index is -0.565. The SMILES string of the molecule is CCOC(=O)CNC(=O)NCc1ccccc1-c1ccc([C@H]2O[C@@H](CN(C)CCc3ccccn3)C[C@@H](c3ccc(CO)cc3)O2)cc1. The van der Waals surface area contributed by atoms with Crippen molar-refractivity contribution >= 4 is 12.0 Å². The zero-order chi connectivity index (χ0) is 33.7. The first-order valence-corrected chi connectivity index (χ1v) is 16.4. The van der Waals surface area contributed by atoms with Gasteiger partial charge >= 0.3 is 12.0 Å². The van der Waals surface area contributed by atoms with Crippen LogP contribution in [0.15, 0.2) is 97.2 Å². The van der Waals surface area contributed by atoms with Crippen LogP contribution in [-0.4, -0.2) is 66.4 Å². The molecule has 10 heteroatoms. The average molecular weight is 653 g/mol. The Morgan fingerprint density at radius 1 is 0.938 bits per heavy atom. The van der Waals surface area contributed by atoms with E-state index in [0.29, 0.717) is 6.42 Å². The molecule has 1 aromatic heterocycles. The summed E-state index contributed by atoms with van der Waals surface area (Å²) in [6.45, 7) is 3.67. The third-order valence-corrected chi connectivity index (χ3v) is 8.26. The van der Waals surface area contributed by atoms with Gasteiger partial charge in [0, 0.05) is 49.9 Å². The maximum Gasteiger partial charge on any atom is 0.325 e. The number of rotatable bonds is 14. The molecule has 0 radical (unpaired) electrons. The molecule has 2 heterocycles. The monoisotopic (exact) mass is 652 g/mol. The summed E-state index contributed by atoms with van der Waals surface area (Å²) < 4.78 is 18.0. The topological polar surface area (TPSA) is 122 Å². The lowest BCUT2D eigenvalue weighted by Crippen LogP contribution is -2.38. The molecule has 1 fully saturated rings. The molecule has 10 nitrogen and oxygen atoms in total. The second-order valence-electron chi connectivity index (χ2n) is 11.8. The summed E-state index contributed by atoms with van der Waals surface area (Å²) in [6.07, 6.45) is 2.57. The maximum atomic E-state index is 12.3. The van der Waals surface area contributed by atoms with Gasteiger partial charge in [-0.15, -0.1) is 0 Å². The van der Waals surface area contributed by atoms with Crippen molar-refractivity contribution in [3.8, 4) is 11.1 Å². The molecular weight excluding hydrogens is 608 g/mol. The summed E-state index contributed by atoms with van der Waals surface area (Å²) in [5.41, 5.74) is 6.77. The number of likely N-dealkylation sites (N-methyl/N-ethyl adjacent to an activating group) is 1. The highest BCUT2D eigenvalue weighted by molar-refractivity contribution is 5.81. The molecule has 1 saturated heterocycles. The number of aliphatic hydroxyl groups excluding tert-OH is 1. The molecule has 0 aliphatic carbocycles. The molecule has 252 valence electrons. The van der Waals surface area contributed by atoms with E-state index < -0.39 is 18.3 Å². The maximum absolute atomic E-state index is 12.3. The molecule has 5 rings (SSSR count). The van der Waals surface area contributed by atoms with Gasteiger partial charge < -0.3 is 34.9 Å². The second kappa shape index (κ2) is 17.5. The Kier molecular flexibility index (Phi) is 12.7. The Balaban J connectivity index is 1.27. The van der Waals surface area contributed by atoms with Crippen LogP contribution in [0.25, 0.3) is 11.1 Å². The third kappa shape index (κ3) is 9.95. The lowest BCUT2D eigenvalue weighted by Gasteiger charge is -2.38. The smallest absolute Gasteiger partial charge is 0.325 e. The highest BCUT2D eigenvalue weighted by Crippen LogP contribution is 2.38. The van der Waals surface area contributed by atoms with Crippen molar-refractivity contribution in [1.82, 2.24) is 20.5 Å². The Bertz CT molecular complexity index is 1600. The first-order chi connectivity index (χ1) is 23.4. The molecule has 2 amide bonds. The van der Waals surface area contributed by atoms with Crippen LogP contribution < -0.4 is 10.6 Å². The number of esters is 1. The van der Waals surface area contributed by atoms with E-state index in [1.807, 2.05) is 97.2 Å². The van der Waals surface area contributed by atoms with Gasteiger partial charge in [0.1, 0.15) is 6.54 Å². The largest absolute Gasteiger partial charge is 0.465 e. The van der Waals surface area contributed by atoms with Crippen molar-refractivity contribution < 1.29 is 28.9 Å². The van der Waals surface area contributed by atoms with Crippen molar-refractivity contribution in [3.05, 3.63) is 125 Å². The number of aromatic nitrogens is 1. The van der Waals surface area contributed by atoms with Crippen molar-refractivity contribution in [3.63, 3.8) is 0 Å². The van der Waals surface area contributed by atoms with E-state index in [9.17, 15) is 14.7 Å². The fourth-order valence-electron chi connectivity index (χ4n) is 5.70. The van der Waals surface area contributed by atoms with Gasteiger partial charge in [-0.25, -0.2) is 4.79 Å². The van der Waals surface area contributed by atoms with E-state index in [0.717, 1.165) is 58.6 Å². The Labute approximate surface area is 282 Å². The molecule has 4 aromatic rings. The standard InChI is InChI=1S/C38H44N4O6/c1-3-46-36(44)24-41-38(45)40-23-31-8-4-5-10-34(31)28-15-17-30(18-16-28)37-47-33(25-42(2)21-19-32-9-6-7-20-39-32)22-35(48-37)29-13-11-27(26-43)12-14-29/h4-18,20,33,35,37,43H,3,19,21-26H2,1-2H3,(H2,40,41,45)/t33-,35+,37+/m1/s1. The van der Waals surface area contributed by atoms with Crippen molar-refractivity contribution in [1.29, 1.82) is 0 Å². The van der Waals surface area contributed by atoms with Crippen LogP contribution in [0.2, 0.25) is 0 Å². The molecule has 3 aromatic carbocycles. The Hall–Kier alpha value is -4.61. The van der Waals surface area contributed by atoms with Crippen LogP contribution >= 0.6 is 0 Å². The molecule has 1 aliphatic heterocycles. The zero-order valence-electron chi connectivity index (χ0n) is 27.5. The van der Waals surface area contributed by atoms with E-state index in [4.69, 9.17) is 14.2 Å². The second-order valence-corrected chi connectivity index (χ2v) is 11.8. The van der Waals surface area contributed by atoms with Crippen LogP contribution in [0, 0.1) is 0 Å². The fraction of sp³-hybridized carbons (Fsp3) is 0.342. The minimum absolute atomic E-state index is 0.00451. The van der Waals surface area contributed by atoms with Gasteiger partial charge in [0.25, 0.3) is 0 Å². The number of nitrogens with zero attached hydrogens (tertiary/aromatic N) is 2. The van der Waals surface area contributed by atoms with E-state index in [-0.39, 0.29) is 38.5 Å². The molecule has 0 bridgehead atoms. The third-order valence-electron chi connectivity index (χ3n) is 8.26. The summed E-state index contributed by atoms with van der Waals surface area (Å²) >= 11 is 0. The molecule has 3 atom stereocenters. The number of amides is 2. The normalized spacial score (nSPS) is 17.5. The van der Waals surface area contributed by atoms with Crippen LogP contribution in [0.1, 0.15) is 53.7 Å². The first kappa shape index (κ1) is 34.7. The van der Waals surface area contributed by atoms with E-state index >= 15 is 0 Å². The summed E-state index contributed by atoms with van der Waals surface area (Å²) in [4.78, 5) is 30.6. The minimum Gasteiger partial charge on any atom is -0.465 e. The van der Waals surface area contributed by atoms with Crippen LogP contribution in [0.3, 0.4) is 0 Å². The lowest BCUT2D eigenvalue weighted by molar-refractivity contribution is -0.252. The average Bonchev–Trinajstić information content (AvgIpc) is 3.13.